The first-order valence-electron chi connectivity index (χ1n) is 5.70. The van der Waals surface area contributed by atoms with Crippen molar-refractivity contribution in [2.75, 3.05) is 0 Å². The maximum atomic E-state index is 2.37. The Kier molecular flexibility index (Phi) is 6.90. The van der Waals surface area contributed by atoms with E-state index in [0.29, 0.717) is 0 Å². The molecule has 3 heteroatoms. The third-order valence-electron chi connectivity index (χ3n) is 2.92. The smallest absolute Gasteiger partial charge is 0.204 e. The molecule has 88 valence electrons. The third kappa shape index (κ3) is 3.98. The van der Waals surface area contributed by atoms with Crippen molar-refractivity contribution in [1.29, 1.82) is 0 Å². The van der Waals surface area contributed by atoms with E-state index in [1.165, 1.54) is 37.1 Å². The highest BCUT2D eigenvalue weighted by atomic mass is 79.9. The molecule has 0 aromatic carbocycles. The minimum Gasteiger partial charge on any atom is -1.00 e. The van der Waals surface area contributed by atoms with Gasteiger partial charge in [0.2, 0.25) is 5.69 Å². The van der Waals surface area contributed by atoms with Crippen LogP contribution < -0.4 is 21.7 Å². The van der Waals surface area contributed by atoms with E-state index in [0.717, 1.165) is 6.54 Å². The van der Waals surface area contributed by atoms with Gasteiger partial charge in [0.15, 0.2) is 7.05 Å². The van der Waals surface area contributed by atoms with Crippen LogP contribution in [0.25, 0.3) is 0 Å². The van der Waals surface area contributed by atoms with Crippen molar-refractivity contribution in [2.45, 2.75) is 53.0 Å². The van der Waals surface area contributed by atoms with Crippen molar-refractivity contribution >= 4 is 0 Å². The molecule has 2 nitrogen and oxygen atoms in total. The lowest BCUT2D eigenvalue weighted by Crippen LogP contribution is -3.00. The molecule has 0 saturated heterocycles. The summed E-state index contributed by atoms with van der Waals surface area (Å²) >= 11 is 0. The van der Waals surface area contributed by atoms with Crippen LogP contribution >= 0.6 is 0 Å². The van der Waals surface area contributed by atoms with Crippen molar-refractivity contribution in [3.05, 3.63) is 17.5 Å². The molecule has 0 aliphatic rings. The lowest BCUT2D eigenvalue weighted by atomic mass is 10.2. The molecule has 0 unspecified atom stereocenters. The molecular weight excluding hydrogens is 252 g/mol. The second-order valence-corrected chi connectivity index (χ2v) is 4.13. The monoisotopic (exact) mass is 274 g/mol. The van der Waals surface area contributed by atoms with Gasteiger partial charge in [-0.25, -0.2) is 0 Å². The molecule has 1 aromatic rings. The van der Waals surface area contributed by atoms with Crippen LogP contribution in [0.1, 0.15) is 44.0 Å². The average molecular weight is 275 g/mol. The fourth-order valence-electron chi connectivity index (χ4n) is 1.91. The Morgan fingerprint density at radius 3 is 2.33 bits per heavy atom. The van der Waals surface area contributed by atoms with Gasteiger partial charge < -0.3 is 17.0 Å². The van der Waals surface area contributed by atoms with E-state index < -0.39 is 0 Å². The quantitative estimate of drug-likeness (QED) is 0.507. The lowest BCUT2D eigenvalue weighted by Gasteiger charge is -2.02. The molecule has 0 amide bonds. The van der Waals surface area contributed by atoms with E-state index in [2.05, 4.69) is 43.2 Å². The van der Waals surface area contributed by atoms with E-state index in [1.807, 2.05) is 0 Å². The fraction of sp³-hybridized carbons (Fsp3) is 0.750. The molecule has 0 saturated carbocycles. The van der Waals surface area contributed by atoms with Gasteiger partial charge in [-0.15, -0.1) is 4.68 Å². The summed E-state index contributed by atoms with van der Waals surface area (Å²) in [4.78, 5) is 0. The number of halogens is 1. The van der Waals surface area contributed by atoms with Crippen molar-refractivity contribution < 1.29 is 21.7 Å². The largest absolute Gasteiger partial charge is 1.00 e. The van der Waals surface area contributed by atoms with Gasteiger partial charge in [0.05, 0.1) is 12.2 Å². The molecule has 0 N–H and O–H groups in total. The second kappa shape index (κ2) is 7.04. The van der Waals surface area contributed by atoms with E-state index in [1.54, 1.807) is 0 Å². The van der Waals surface area contributed by atoms with Crippen molar-refractivity contribution in [3.63, 3.8) is 0 Å². The van der Waals surface area contributed by atoms with Crippen molar-refractivity contribution in [1.82, 2.24) is 4.68 Å². The number of nitrogens with zero attached hydrogens (tertiary/aromatic N) is 2. The highest BCUT2D eigenvalue weighted by Gasteiger charge is 2.11. The van der Waals surface area contributed by atoms with Gasteiger partial charge in [0.25, 0.3) is 0 Å². The first kappa shape index (κ1) is 14.7. The first-order chi connectivity index (χ1) is 6.66. The van der Waals surface area contributed by atoms with Crippen LogP contribution in [0.2, 0.25) is 0 Å². The van der Waals surface area contributed by atoms with Crippen LogP contribution in [-0.2, 0) is 13.6 Å². The molecular formula is C12H23BrN2. The van der Waals surface area contributed by atoms with Crippen LogP contribution in [-0.4, -0.2) is 4.68 Å². The second-order valence-electron chi connectivity index (χ2n) is 4.13. The zero-order chi connectivity index (χ0) is 10.6. The summed E-state index contributed by atoms with van der Waals surface area (Å²) in [5.74, 6) is 0. The highest BCUT2D eigenvalue weighted by Crippen LogP contribution is 2.04. The zero-order valence-corrected chi connectivity index (χ0v) is 12.0. The Balaban J connectivity index is 0.00000196. The van der Waals surface area contributed by atoms with Crippen LogP contribution in [0.5, 0.6) is 0 Å². The molecule has 0 radical (unpaired) electrons. The normalized spacial score (nSPS) is 10.1. The molecule has 1 aromatic heterocycles. The van der Waals surface area contributed by atoms with Gasteiger partial charge >= 0.3 is 0 Å². The van der Waals surface area contributed by atoms with Gasteiger partial charge in [-0.2, -0.15) is 4.68 Å². The summed E-state index contributed by atoms with van der Waals surface area (Å²) in [6.07, 6.45) is 5.34. The maximum Gasteiger partial charge on any atom is 0.204 e. The number of rotatable bonds is 5. The summed E-state index contributed by atoms with van der Waals surface area (Å²) in [6, 6.07) is 2.25. The number of hydrogen-bond donors (Lipinski definition) is 0. The maximum absolute atomic E-state index is 2.37. The molecule has 0 atom stereocenters. The minimum atomic E-state index is 0. The molecule has 1 heterocycles. The van der Waals surface area contributed by atoms with Crippen molar-refractivity contribution in [2.24, 2.45) is 7.05 Å². The zero-order valence-electron chi connectivity index (χ0n) is 10.4. The average Bonchev–Trinajstić information content (AvgIpc) is 2.38. The summed E-state index contributed by atoms with van der Waals surface area (Å²) in [7, 11) is 2.14. The minimum absolute atomic E-state index is 0. The Morgan fingerprint density at radius 1 is 1.20 bits per heavy atom. The number of aryl methyl sites for hydroxylation is 2. The predicted molar refractivity (Wildman–Crippen MR) is 59.2 cm³/mol. The van der Waals surface area contributed by atoms with Gasteiger partial charge in [-0.3, -0.25) is 0 Å². The topological polar surface area (TPSA) is 8.81 Å². The van der Waals surface area contributed by atoms with Crippen LogP contribution in [0.4, 0.5) is 0 Å². The van der Waals surface area contributed by atoms with Gasteiger partial charge in [-0.1, -0.05) is 26.2 Å². The van der Waals surface area contributed by atoms with Crippen LogP contribution in [0, 0.1) is 13.8 Å². The summed E-state index contributed by atoms with van der Waals surface area (Å²) in [5, 5.41) is 0. The Labute approximate surface area is 104 Å². The first-order valence-corrected chi connectivity index (χ1v) is 5.70. The van der Waals surface area contributed by atoms with Crippen LogP contribution in [0.3, 0.4) is 0 Å². The number of hydrogen-bond acceptors (Lipinski definition) is 0. The lowest BCUT2D eigenvalue weighted by molar-refractivity contribution is -0.759. The van der Waals surface area contributed by atoms with Gasteiger partial charge in [0, 0.05) is 13.0 Å². The molecule has 0 fully saturated rings. The summed E-state index contributed by atoms with van der Waals surface area (Å²) < 4.78 is 4.62. The number of unbranched alkanes of at least 4 members (excludes halogenated alkanes) is 3. The SMILES string of the molecule is CCCCCCn1c(C)cc(C)[n+]1C.[Br-]. The molecule has 1 rings (SSSR count). The molecule has 0 bridgehead atoms. The third-order valence-corrected chi connectivity index (χ3v) is 2.92. The van der Waals surface area contributed by atoms with Crippen molar-refractivity contribution in [3.8, 4) is 0 Å². The molecule has 0 spiro atoms. The summed E-state index contributed by atoms with van der Waals surface area (Å²) in [6.45, 7) is 7.77. The van der Waals surface area contributed by atoms with Gasteiger partial charge in [-0.05, 0) is 13.3 Å². The van der Waals surface area contributed by atoms with E-state index in [4.69, 9.17) is 0 Å². The molecule has 0 aliphatic heterocycles. The Hall–Kier alpha value is -0.310. The van der Waals surface area contributed by atoms with E-state index >= 15 is 0 Å². The predicted octanol–water partition coefficient (Wildman–Crippen LogP) is -0.486. The van der Waals surface area contributed by atoms with E-state index in [-0.39, 0.29) is 17.0 Å². The Bertz CT molecular complexity index is 292. The number of aromatic nitrogens is 2. The highest BCUT2D eigenvalue weighted by molar-refractivity contribution is 5.01. The standard InChI is InChI=1S/C12H23N2.BrH/c1-5-6-7-8-9-14-12(3)10-11(2)13(14)4;/h10H,5-9H2,1-4H3;1H/q+1;/p-1. The van der Waals surface area contributed by atoms with Crippen LogP contribution in [0.15, 0.2) is 6.07 Å². The molecule has 15 heavy (non-hydrogen) atoms. The van der Waals surface area contributed by atoms with Gasteiger partial charge in [0.1, 0.15) is 0 Å². The summed E-state index contributed by atoms with van der Waals surface area (Å²) in [5.41, 5.74) is 2.72. The Morgan fingerprint density at radius 2 is 1.87 bits per heavy atom. The fourth-order valence-corrected chi connectivity index (χ4v) is 1.91. The van der Waals surface area contributed by atoms with E-state index in [9.17, 15) is 0 Å². The molecule has 0 aliphatic carbocycles.